The molecule has 1 fully saturated rings. The minimum Gasteiger partial charge on any atom is -0.380 e. The lowest BCUT2D eigenvalue weighted by molar-refractivity contribution is 0.00477. The summed E-state index contributed by atoms with van der Waals surface area (Å²) in [7, 11) is 0. The Balaban J connectivity index is 2.44. The van der Waals surface area contributed by atoms with E-state index in [1.54, 1.807) is 0 Å². The molecule has 2 atom stereocenters. The standard InChI is InChI=1S/C13H28N2O/c1-3-5-8-15(9-6-4-2)13-11-16-10-7-12(13)14/h12-13H,3-11,14H2,1-2H3. The fraction of sp³-hybridized carbons (Fsp3) is 1.00. The van der Waals surface area contributed by atoms with E-state index in [9.17, 15) is 0 Å². The molecule has 1 heterocycles. The lowest BCUT2D eigenvalue weighted by Gasteiger charge is -2.38. The third kappa shape index (κ3) is 4.40. The van der Waals surface area contributed by atoms with Gasteiger partial charge in [-0.3, -0.25) is 4.90 Å². The SMILES string of the molecule is CCCCN(CCCC)C1COCCC1N. The lowest BCUT2D eigenvalue weighted by Crippen LogP contribution is -2.54. The maximum atomic E-state index is 6.20. The highest BCUT2D eigenvalue weighted by Crippen LogP contribution is 2.14. The Hall–Kier alpha value is -0.120. The Labute approximate surface area is 100 Å². The van der Waals surface area contributed by atoms with Gasteiger partial charge in [-0.15, -0.1) is 0 Å². The summed E-state index contributed by atoms with van der Waals surface area (Å²) in [6.07, 6.45) is 6.07. The molecule has 1 saturated heterocycles. The molecule has 0 spiro atoms. The van der Waals surface area contributed by atoms with Gasteiger partial charge < -0.3 is 10.5 Å². The molecular weight excluding hydrogens is 200 g/mol. The van der Waals surface area contributed by atoms with Crippen molar-refractivity contribution >= 4 is 0 Å². The second kappa shape index (κ2) is 8.04. The minimum atomic E-state index is 0.308. The van der Waals surface area contributed by atoms with Gasteiger partial charge >= 0.3 is 0 Å². The average Bonchev–Trinajstić information content (AvgIpc) is 2.31. The molecule has 3 nitrogen and oxygen atoms in total. The fourth-order valence-electron chi connectivity index (χ4n) is 2.28. The van der Waals surface area contributed by atoms with Crippen LogP contribution in [0.25, 0.3) is 0 Å². The summed E-state index contributed by atoms with van der Waals surface area (Å²) in [6.45, 7) is 8.52. The third-order valence-electron chi connectivity index (χ3n) is 3.45. The second-order valence-corrected chi connectivity index (χ2v) is 4.84. The van der Waals surface area contributed by atoms with Gasteiger partial charge in [-0.2, -0.15) is 0 Å². The zero-order valence-corrected chi connectivity index (χ0v) is 11.0. The number of nitrogens with zero attached hydrogens (tertiary/aromatic N) is 1. The molecule has 16 heavy (non-hydrogen) atoms. The predicted octanol–water partition coefficient (Wildman–Crippen LogP) is 2.00. The Morgan fingerprint density at radius 3 is 2.31 bits per heavy atom. The van der Waals surface area contributed by atoms with E-state index in [0.717, 1.165) is 19.6 Å². The van der Waals surface area contributed by atoms with Crippen LogP contribution in [0, 0.1) is 0 Å². The first kappa shape index (κ1) is 13.9. The highest BCUT2D eigenvalue weighted by molar-refractivity contribution is 4.84. The van der Waals surface area contributed by atoms with Gasteiger partial charge in [-0.05, 0) is 32.4 Å². The summed E-state index contributed by atoms with van der Waals surface area (Å²) in [6, 6.07) is 0.759. The van der Waals surface area contributed by atoms with Crippen molar-refractivity contribution in [3.8, 4) is 0 Å². The van der Waals surface area contributed by atoms with Crippen molar-refractivity contribution in [1.29, 1.82) is 0 Å². The summed E-state index contributed by atoms with van der Waals surface area (Å²) in [5.41, 5.74) is 6.20. The van der Waals surface area contributed by atoms with Crippen LogP contribution < -0.4 is 5.73 Å². The van der Waals surface area contributed by atoms with Gasteiger partial charge in [-0.25, -0.2) is 0 Å². The molecule has 0 radical (unpaired) electrons. The average molecular weight is 228 g/mol. The highest BCUT2D eigenvalue weighted by atomic mass is 16.5. The largest absolute Gasteiger partial charge is 0.380 e. The molecule has 2 N–H and O–H groups in total. The molecule has 0 saturated carbocycles. The summed E-state index contributed by atoms with van der Waals surface area (Å²) in [5.74, 6) is 0. The van der Waals surface area contributed by atoms with Crippen LogP contribution in [0.5, 0.6) is 0 Å². The quantitative estimate of drug-likeness (QED) is 0.724. The van der Waals surface area contributed by atoms with Crippen LogP contribution in [-0.2, 0) is 4.74 Å². The molecule has 1 rings (SSSR count). The maximum absolute atomic E-state index is 6.20. The van der Waals surface area contributed by atoms with Crippen molar-refractivity contribution in [2.24, 2.45) is 5.73 Å². The van der Waals surface area contributed by atoms with Gasteiger partial charge in [0, 0.05) is 18.7 Å². The van der Waals surface area contributed by atoms with Crippen molar-refractivity contribution in [3.63, 3.8) is 0 Å². The zero-order chi connectivity index (χ0) is 11.8. The molecular formula is C13H28N2O. The Morgan fingerprint density at radius 2 is 1.81 bits per heavy atom. The lowest BCUT2D eigenvalue weighted by atomic mass is 10.0. The van der Waals surface area contributed by atoms with Gasteiger partial charge in [0.05, 0.1) is 6.61 Å². The third-order valence-corrected chi connectivity index (χ3v) is 3.45. The van der Waals surface area contributed by atoms with Gasteiger partial charge in [0.1, 0.15) is 0 Å². The molecule has 0 aliphatic carbocycles. The molecule has 0 aromatic rings. The van der Waals surface area contributed by atoms with E-state index in [4.69, 9.17) is 10.5 Å². The van der Waals surface area contributed by atoms with Crippen LogP contribution in [0.3, 0.4) is 0 Å². The summed E-state index contributed by atoms with van der Waals surface area (Å²) in [4.78, 5) is 2.55. The van der Waals surface area contributed by atoms with Gasteiger partial charge in [-0.1, -0.05) is 26.7 Å². The smallest absolute Gasteiger partial charge is 0.0636 e. The van der Waals surface area contributed by atoms with Crippen LogP contribution in [0.1, 0.15) is 46.0 Å². The summed E-state index contributed by atoms with van der Waals surface area (Å²) < 4.78 is 5.57. The number of hydrogen-bond donors (Lipinski definition) is 1. The number of ether oxygens (including phenoxy) is 1. The van der Waals surface area contributed by atoms with Crippen LogP contribution in [0.15, 0.2) is 0 Å². The topological polar surface area (TPSA) is 38.5 Å². The molecule has 0 aromatic heterocycles. The Kier molecular flexibility index (Phi) is 7.01. The van der Waals surface area contributed by atoms with E-state index < -0.39 is 0 Å². The monoisotopic (exact) mass is 228 g/mol. The summed E-state index contributed by atoms with van der Waals surface area (Å²) >= 11 is 0. The van der Waals surface area contributed by atoms with E-state index in [1.807, 2.05) is 0 Å². The number of unbranched alkanes of at least 4 members (excludes halogenated alkanes) is 2. The van der Waals surface area contributed by atoms with Crippen molar-refractivity contribution in [1.82, 2.24) is 4.90 Å². The first-order chi connectivity index (χ1) is 7.79. The van der Waals surface area contributed by atoms with Gasteiger partial charge in [0.15, 0.2) is 0 Å². The molecule has 0 bridgehead atoms. The van der Waals surface area contributed by atoms with Gasteiger partial charge in [0.2, 0.25) is 0 Å². The highest BCUT2D eigenvalue weighted by Gasteiger charge is 2.27. The normalized spacial score (nSPS) is 26.2. The first-order valence-electron chi connectivity index (χ1n) is 6.87. The van der Waals surface area contributed by atoms with Gasteiger partial charge in [0.25, 0.3) is 0 Å². The van der Waals surface area contributed by atoms with Crippen molar-refractivity contribution in [2.75, 3.05) is 26.3 Å². The number of nitrogens with two attached hydrogens (primary N) is 1. The van der Waals surface area contributed by atoms with E-state index in [2.05, 4.69) is 18.7 Å². The molecule has 3 heteroatoms. The fourth-order valence-corrected chi connectivity index (χ4v) is 2.28. The van der Waals surface area contributed by atoms with E-state index in [0.29, 0.717) is 12.1 Å². The molecule has 0 aromatic carbocycles. The predicted molar refractivity (Wildman–Crippen MR) is 68.6 cm³/mol. The van der Waals surface area contributed by atoms with Crippen LogP contribution in [0.2, 0.25) is 0 Å². The Morgan fingerprint density at radius 1 is 1.19 bits per heavy atom. The molecule has 96 valence electrons. The van der Waals surface area contributed by atoms with E-state index in [-0.39, 0.29) is 0 Å². The first-order valence-corrected chi connectivity index (χ1v) is 6.87. The maximum Gasteiger partial charge on any atom is 0.0636 e. The summed E-state index contributed by atoms with van der Waals surface area (Å²) in [5, 5.41) is 0. The Bertz CT molecular complexity index is 167. The van der Waals surface area contributed by atoms with Crippen molar-refractivity contribution in [3.05, 3.63) is 0 Å². The zero-order valence-electron chi connectivity index (χ0n) is 11.0. The van der Waals surface area contributed by atoms with Crippen LogP contribution in [0.4, 0.5) is 0 Å². The minimum absolute atomic E-state index is 0.308. The number of hydrogen-bond acceptors (Lipinski definition) is 3. The van der Waals surface area contributed by atoms with E-state index >= 15 is 0 Å². The molecule has 1 aliphatic heterocycles. The van der Waals surface area contributed by atoms with Crippen molar-refractivity contribution in [2.45, 2.75) is 58.0 Å². The number of rotatable bonds is 7. The molecule has 0 amide bonds. The molecule has 2 unspecified atom stereocenters. The van der Waals surface area contributed by atoms with Crippen LogP contribution >= 0.6 is 0 Å². The van der Waals surface area contributed by atoms with E-state index in [1.165, 1.54) is 38.8 Å². The van der Waals surface area contributed by atoms with Crippen LogP contribution in [-0.4, -0.2) is 43.3 Å². The van der Waals surface area contributed by atoms with Crippen molar-refractivity contribution < 1.29 is 4.74 Å². The molecule has 1 aliphatic rings. The second-order valence-electron chi connectivity index (χ2n) is 4.84.